The Kier molecular flexibility index (Phi) is 8.32. The van der Waals surface area contributed by atoms with E-state index in [9.17, 15) is 14.4 Å². The number of hydrogen-bond acceptors (Lipinski definition) is 5. The quantitative estimate of drug-likeness (QED) is 0.582. The molecule has 1 rings (SSSR count). The zero-order valence-electron chi connectivity index (χ0n) is 14.5. The van der Waals surface area contributed by atoms with E-state index in [1.807, 2.05) is 45.9 Å². The van der Waals surface area contributed by atoms with Crippen molar-refractivity contribution < 1.29 is 19.1 Å². The molecule has 24 heavy (non-hydrogen) atoms. The van der Waals surface area contributed by atoms with Crippen LogP contribution in [-0.2, 0) is 14.3 Å². The molecule has 0 aliphatic rings. The van der Waals surface area contributed by atoms with Gasteiger partial charge in [-0.2, -0.15) is 0 Å². The molecule has 0 radical (unpaired) electrons. The first kappa shape index (κ1) is 20.0. The number of aryl methyl sites for hydroxylation is 2. The Morgan fingerprint density at radius 1 is 1.25 bits per heavy atom. The van der Waals surface area contributed by atoms with E-state index in [1.54, 1.807) is 0 Å². The predicted octanol–water partition coefficient (Wildman–Crippen LogP) is 2.56. The third-order valence-electron chi connectivity index (χ3n) is 3.30. The van der Waals surface area contributed by atoms with Crippen molar-refractivity contribution in [1.29, 1.82) is 0 Å². The number of benzene rings is 1. The number of imide groups is 1. The van der Waals surface area contributed by atoms with Crippen molar-refractivity contribution in [1.82, 2.24) is 10.6 Å². The van der Waals surface area contributed by atoms with Crippen LogP contribution in [0.4, 0.5) is 4.79 Å². The number of carbonyl (C=O) groups is 3. The van der Waals surface area contributed by atoms with Crippen LogP contribution in [0.5, 0.6) is 0 Å². The van der Waals surface area contributed by atoms with Crippen LogP contribution in [0.1, 0.15) is 31.4 Å². The molecule has 3 amide bonds. The van der Waals surface area contributed by atoms with Crippen molar-refractivity contribution in [3.63, 3.8) is 0 Å². The van der Waals surface area contributed by atoms with Crippen molar-refractivity contribution in [3.05, 3.63) is 29.3 Å². The summed E-state index contributed by atoms with van der Waals surface area (Å²) in [5.41, 5.74) is 2.20. The average molecular weight is 352 g/mol. The zero-order chi connectivity index (χ0) is 18.1. The Balaban J connectivity index is 2.31. The molecule has 0 aliphatic carbocycles. The van der Waals surface area contributed by atoms with E-state index >= 15 is 0 Å². The molecular formula is C17H24N2O4S. The SMILES string of the molecule is CC[C@@H](C)NC(=O)NC(=O)COC(=O)CSc1cc(C)ccc1C. The number of ether oxygens (including phenoxy) is 1. The highest BCUT2D eigenvalue weighted by Gasteiger charge is 2.13. The van der Waals surface area contributed by atoms with E-state index in [0.717, 1.165) is 22.4 Å². The monoisotopic (exact) mass is 352 g/mol. The fraction of sp³-hybridized carbons (Fsp3) is 0.471. The summed E-state index contributed by atoms with van der Waals surface area (Å²) in [4.78, 5) is 35.7. The van der Waals surface area contributed by atoms with E-state index in [0.29, 0.717) is 0 Å². The van der Waals surface area contributed by atoms with Gasteiger partial charge in [-0.25, -0.2) is 4.79 Å². The summed E-state index contributed by atoms with van der Waals surface area (Å²) in [7, 11) is 0. The molecule has 0 spiro atoms. The maximum absolute atomic E-state index is 11.7. The fourth-order valence-electron chi connectivity index (χ4n) is 1.71. The molecule has 0 heterocycles. The van der Waals surface area contributed by atoms with Gasteiger partial charge in [-0.3, -0.25) is 14.9 Å². The molecule has 6 nitrogen and oxygen atoms in total. The van der Waals surface area contributed by atoms with Gasteiger partial charge < -0.3 is 10.1 Å². The van der Waals surface area contributed by atoms with Crippen LogP contribution in [0.15, 0.2) is 23.1 Å². The average Bonchev–Trinajstić information content (AvgIpc) is 2.53. The molecule has 0 aliphatic heterocycles. The van der Waals surface area contributed by atoms with Gasteiger partial charge in [0.05, 0.1) is 5.75 Å². The Morgan fingerprint density at radius 2 is 1.96 bits per heavy atom. The summed E-state index contributed by atoms with van der Waals surface area (Å²) in [6.07, 6.45) is 0.756. The van der Waals surface area contributed by atoms with Crippen LogP contribution < -0.4 is 10.6 Å². The molecule has 7 heteroatoms. The number of nitrogens with one attached hydrogen (secondary N) is 2. The molecule has 0 saturated carbocycles. The van der Waals surface area contributed by atoms with Crippen molar-refractivity contribution in [2.24, 2.45) is 0 Å². The number of rotatable bonds is 7. The molecule has 0 aromatic heterocycles. The van der Waals surface area contributed by atoms with Crippen molar-refractivity contribution in [3.8, 4) is 0 Å². The van der Waals surface area contributed by atoms with Gasteiger partial charge in [-0.1, -0.05) is 24.6 Å². The van der Waals surface area contributed by atoms with Gasteiger partial charge in [0.1, 0.15) is 0 Å². The van der Waals surface area contributed by atoms with Gasteiger partial charge in [0.15, 0.2) is 6.61 Å². The van der Waals surface area contributed by atoms with Crippen molar-refractivity contribution >= 4 is 29.7 Å². The number of thioether (sulfide) groups is 1. The molecule has 2 N–H and O–H groups in total. The Morgan fingerprint density at radius 3 is 2.62 bits per heavy atom. The molecule has 0 fully saturated rings. The number of carbonyl (C=O) groups excluding carboxylic acids is 3. The maximum atomic E-state index is 11.7. The topological polar surface area (TPSA) is 84.5 Å². The van der Waals surface area contributed by atoms with Gasteiger partial charge in [0.2, 0.25) is 0 Å². The lowest BCUT2D eigenvalue weighted by Gasteiger charge is -2.12. The second kappa shape index (κ2) is 9.97. The van der Waals surface area contributed by atoms with Crippen LogP contribution in [0.2, 0.25) is 0 Å². The molecule has 0 bridgehead atoms. The molecule has 1 atom stereocenters. The minimum atomic E-state index is -0.652. The van der Waals surface area contributed by atoms with Crippen molar-refractivity contribution in [2.75, 3.05) is 12.4 Å². The molecule has 132 valence electrons. The number of urea groups is 1. The second-order valence-electron chi connectivity index (χ2n) is 5.55. The van der Waals surface area contributed by atoms with E-state index < -0.39 is 24.5 Å². The van der Waals surface area contributed by atoms with Gasteiger partial charge in [-0.15, -0.1) is 11.8 Å². The van der Waals surface area contributed by atoms with Crippen LogP contribution in [0.3, 0.4) is 0 Å². The lowest BCUT2D eigenvalue weighted by molar-refractivity contribution is -0.145. The lowest BCUT2D eigenvalue weighted by Crippen LogP contribution is -2.44. The molecule has 0 unspecified atom stereocenters. The predicted molar refractivity (Wildman–Crippen MR) is 94.0 cm³/mol. The largest absolute Gasteiger partial charge is 0.455 e. The standard InChI is InChI=1S/C17H24N2O4S/c1-5-13(4)18-17(22)19-15(20)9-23-16(21)10-24-14-8-11(2)6-7-12(14)3/h6-8,13H,5,9-10H2,1-4H3,(H2,18,19,20,22)/t13-/m1/s1. The van der Waals surface area contributed by atoms with Gasteiger partial charge in [-0.05, 0) is 38.8 Å². The first-order valence-corrected chi connectivity index (χ1v) is 8.76. The smallest absolute Gasteiger partial charge is 0.321 e. The lowest BCUT2D eigenvalue weighted by atomic mass is 10.2. The summed E-state index contributed by atoms with van der Waals surface area (Å²) in [6, 6.07) is 5.38. The minimum absolute atomic E-state index is 0.0330. The van der Waals surface area contributed by atoms with E-state index in [4.69, 9.17) is 4.74 Å². The number of esters is 1. The van der Waals surface area contributed by atoms with Gasteiger partial charge in [0.25, 0.3) is 5.91 Å². The van der Waals surface area contributed by atoms with Crippen LogP contribution in [0, 0.1) is 13.8 Å². The summed E-state index contributed by atoms with van der Waals surface area (Å²) in [5.74, 6) is -1.05. The fourth-order valence-corrected chi connectivity index (χ4v) is 2.63. The number of amides is 3. The van der Waals surface area contributed by atoms with Crippen LogP contribution in [0.25, 0.3) is 0 Å². The molecule has 1 aromatic carbocycles. The first-order chi connectivity index (χ1) is 11.3. The van der Waals surface area contributed by atoms with E-state index in [-0.39, 0.29) is 11.8 Å². The molecular weight excluding hydrogens is 328 g/mol. The third kappa shape index (κ3) is 7.50. The van der Waals surface area contributed by atoms with E-state index in [1.165, 1.54) is 11.8 Å². The molecule has 1 aromatic rings. The van der Waals surface area contributed by atoms with Gasteiger partial charge >= 0.3 is 12.0 Å². The molecule has 0 saturated heterocycles. The van der Waals surface area contributed by atoms with Crippen LogP contribution >= 0.6 is 11.8 Å². The Bertz CT molecular complexity index is 604. The Labute approximate surface area is 146 Å². The summed E-state index contributed by atoms with van der Waals surface area (Å²) < 4.78 is 4.88. The third-order valence-corrected chi connectivity index (χ3v) is 4.43. The normalized spacial score (nSPS) is 11.5. The van der Waals surface area contributed by atoms with Crippen LogP contribution in [-0.4, -0.2) is 36.3 Å². The summed E-state index contributed by atoms with van der Waals surface area (Å²) in [6.45, 7) is 7.23. The second-order valence-corrected chi connectivity index (χ2v) is 6.57. The van der Waals surface area contributed by atoms with Crippen molar-refractivity contribution in [2.45, 2.75) is 45.1 Å². The highest BCUT2D eigenvalue weighted by atomic mass is 32.2. The summed E-state index contributed by atoms with van der Waals surface area (Å²) >= 11 is 1.36. The highest BCUT2D eigenvalue weighted by molar-refractivity contribution is 8.00. The maximum Gasteiger partial charge on any atom is 0.321 e. The highest BCUT2D eigenvalue weighted by Crippen LogP contribution is 2.23. The minimum Gasteiger partial charge on any atom is -0.455 e. The van der Waals surface area contributed by atoms with Gasteiger partial charge in [0, 0.05) is 10.9 Å². The summed E-state index contributed by atoms with van der Waals surface area (Å²) in [5, 5.41) is 4.71. The number of hydrogen-bond donors (Lipinski definition) is 2. The van der Waals surface area contributed by atoms with E-state index in [2.05, 4.69) is 10.6 Å². The first-order valence-electron chi connectivity index (χ1n) is 7.77. The Hall–Kier alpha value is -2.02. The zero-order valence-corrected chi connectivity index (χ0v) is 15.3.